The van der Waals surface area contributed by atoms with Crippen molar-refractivity contribution in [3.05, 3.63) is 190 Å². The lowest BCUT2D eigenvalue weighted by molar-refractivity contribution is -0.509. The van der Waals surface area contributed by atoms with E-state index in [9.17, 15) is 52.8 Å². The zero-order valence-electron chi connectivity index (χ0n) is 54.2. The van der Waals surface area contributed by atoms with Crippen molar-refractivity contribution in [1.82, 2.24) is 59.8 Å². The highest BCUT2D eigenvalue weighted by Gasteiger charge is 2.40. The molecule has 4 aromatic heterocycles. The van der Waals surface area contributed by atoms with Crippen LogP contribution in [-0.4, -0.2) is 168 Å². The van der Waals surface area contributed by atoms with E-state index in [1.54, 1.807) is 42.5 Å². The zero-order valence-corrected chi connectivity index (χ0v) is 56.6. The first-order chi connectivity index (χ1) is 46.0. The van der Waals surface area contributed by atoms with E-state index in [0.29, 0.717) is 63.7 Å². The van der Waals surface area contributed by atoms with E-state index in [1.165, 1.54) is 102 Å². The fourth-order valence-electron chi connectivity index (χ4n) is 11.7. The molecule has 0 radical (unpaired) electrons. The third kappa shape index (κ3) is 20.8. The number of anilines is 4. The molecule has 10 rings (SSSR count). The van der Waals surface area contributed by atoms with E-state index in [-0.39, 0.29) is 83.7 Å². The van der Waals surface area contributed by atoms with Crippen LogP contribution >= 0.6 is 0 Å². The number of nitrogens with zero attached hydrogens (tertiary/aromatic N) is 11. The van der Waals surface area contributed by atoms with Crippen LogP contribution in [0.3, 0.4) is 0 Å². The minimum Gasteiger partial charge on any atom is -0.492 e. The van der Waals surface area contributed by atoms with Crippen LogP contribution in [-0.2, 0) is 46.7 Å². The average molecular weight is 1400 g/mol. The number of hydrogen-bond acceptors (Lipinski definition) is 20. The van der Waals surface area contributed by atoms with Crippen LogP contribution in [0.5, 0.6) is 0 Å². The number of nitrogens with one attached hydrogen (secondary N) is 4. The molecule has 34 heteroatoms. The molecule has 97 heavy (non-hydrogen) atoms. The molecule has 522 valence electrons. The average Bonchev–Trinajstić information content (AvgIpc) is 1.80. The van der Waals surface area contributed by atoms with Gasteiger partial charge in [-0.25, -0.2) is 60.9 Å². The quantitative estimate of drug-likeness (QED) is 0.0603. The van der Waals surface area contributed by atoms with Crippen LogP contribution in [0.1, 0.15) is 106 Å². The van der Waals surface area contributed by atoms with Crippen molar-refractivity contribution in [2.24, 2.45) is 5.14 Å². The van der Waals surface area contributed by atoms with E-state index in [2.05, 4.69) is 55.9 Å². The largest absolute Gasteiger partial charge is 0.492 e. The number of benzene rings is 3. The summed E-state index contributed by atoms with van der Waals surface area (Å²) in [7, 11) is -5.66. The van der Waals surface area contributed by atoms with Crippen molar-refractivity contribution in [2.75, 3.05) is 108 Å². The molecule has 3 fully saturated rings. The van der Waals surface area contributed by atoms with Gasteiger partial charge >= 0.3 is 0 Å². The van der Waals surface area contributed by atoms with Gasteiger partial charge in [-0.15, -0.1) is 11.0 Å². The lowest BCUT2D eigenvalue weighted by atomic mass is 9.74. The van der Waals surface area contributed by atoms with Gasteiger partial charge in [-0.3, -0.25) is 14.4 Å². The van der Waals surface area contributed by atoms with Gasteiger partial charge in [0.15, 0.2) is 46.9 Å². The minimum absolute atomic E-state index is 0.00155. The maximum atomic E-state index is 13.9. The fraction of sp³-hybridized carbons (Fsp3) is 0.397. The Morgan fingerprint density at radius 3 is 1.28 bits per heavy atom. The van der Waals surface area contributed by atoms with Crippen LogP contribution in [0.15, 0.2) is 135 Å². The molecular formula is C63H82F3N19O9S3. The number of amides is 3. The van der Waals surface area contributed by atoms with Crippen molar-refractivity contribution in [1.29, 1.82) is 0 Å². The Labute approximate surface area is 563 Å². The second-order valence-electron chi connectivity index (χ2n) is 23.6. The third-order valence-electron chi connectivity index (χ3n) is 17.1. The monoisotopic (exact) mass is 1400 g/mol. The molecular weight excluding hydrogens is 1320 g/mol. The maximum absolute atomic E-state index is 13.9. The van der Waals surface area contributed by atoms with Gasteiger partial charge in [0.1, 0.15) is 17.5 Å². The van der Waals surface area contributed by atoms with E-state index >= 15 is 0 Å². The molecule has 0 bridgehead atoms. The first-order valence-electron chi connectivity index (χ1n) is 30.8. The Bertz CT molecular complexity index is 4020. The maximum Gasteiger partial charge on any atom is 0.298 e. The van der Waals surface area contributed by atoms with Crippen LogP contribution in [0.4, 0.5) is 36.3 Å². The number of pyridine rings is 1. The second-order valence-corrected chi connectivity index (χ2v) is 28.9. The van der Waals surface area contributed by atoms with Crippen LogP contribution in [0, 0.1) is 17.5 Å². The lowest BCUT2D eigenvalue weighted by Crippen LogP contribution is -2.43. The van der Waals surface area contributed by atoms with E-state index < -0.39 is 58.9 Å². The number of carbonyl (C=O) groups excluding carboxylic acids is 3. The molecule has 12 N–H and O–H groups in total. The minimum atomic E-state index is -3.83. The molecule has 7 heterocycles. The molecule has 3 amide bonds. The Morgan fingerprint density at radius 2 is 0.918 bits per heavy atom. The predicted octanol–water partition coefficient (Wildman–Crippen LogP) is 3.64. The highest BCUT2D eigenvalue weighted by molar-refractivity contribution is 7.88. The molecule has 3 aliphatic rings. The highest BCUT2D eigenvalue weighted by atomic mass is 32.2. The van der Waals surface area contributed by atoms with Gasteiger partial charge in [-0.2, -0.15) is 21.1 Å². The summed E-state index contributed by atoms with van der Waals surface area (Å²) in [6.07, 6.45) is 18.2. The topological polar surface area (TPSA) is 411 Å². The number of halogens is 3. The smallest absolute Gasteiger partial charge is 0.298 e. The summed E-state index contributed by atoms with van der Waals surface area (Å²) in [5.74, 6) is -2.26. The first-order valence-corrected chi connectivity index (χ1v) is 35.6. The molecule has 3 saturated heterocycles. The number of nitrogens with two attached hydrogens (primary N) is 4. The van der Waals surface area contributed by atoms with Crippen molar-refractivity contribution >= 4 is 71.3 Å². The van der Waals surface area contributed by atoms with E-state index in [4.69, 9.17) is 22.3 Å². The molecule has 3 unspecified atom stereocenters. The summed E-state index contributed by atoms with van der Waals surface area (Å²) in [5.41, 5.74) is 18.9. The number of hydrogen-bond donors (Lipinski definition) is 8. The first kappa shape index (κ1) is 75.5. The van der Waals surface area contributed by atoms with Gasteiger partial charge in [-0.05, 0) is 124 Å². The number of nitrogen functional groups attached to an aromatic ring is 3. The molecule has 0 spiro atoms. The Hall–Kier alpha value is -8.90. The standard InChI is InChI=1S/C19H24FN5O3S.C18H23FN6O3S.C18H22FN5O.C8H13N3O2S/c1-29(27,28)25-10-3-6-19(7-11-25,14-4-2-5-15(20)12-14)13-24-18(26)16-17(21)23-9-8-22-16;19-14-4-1-3-13(11-14)18(5-2-9-25(10-6-18)29(21,27)28)12-24-17(26)15-16(20)23-8-7-22-15;19-14-4-1-3-13(11-14)18(5-2-7-21-8-6-18)12-24-17(25)15-16(20)23-10-9-22-15;1-9-14(12,13)11-6-4-8(5-7-11)10(2)3/h2,4-5,8-9,12H,3,6-7,10-11,13H2,1H3,(H2,21,23)(H,24,26);1,3-4,7-8,11H,2,5-6,9-10,12H2,(H2,20,23)(H,24,26)(H2,21,27,28);1,3-4,9-11,21H,2,5-8,12H2,(H2,20,23)(H,24,25);4-7H,1-3H3. The van der Waals surface area contributed by atoms with Gasteiger partial charge in [0.25, 0.3) is 38.1 Å². The van der Waals surface area contributed by atoms with Gasteiger partial charge < -0.3 is 48.1 Å². The zero-order chi connectivity index (χ0) is 70.6. The summed E-state index contributed by atoms with van der Waals surface area (Å²) in [5, 5.41) is 17.2. The molecule has 0 saturated carbocycles. The van der Waals surface area contributed by atoms with Crippen molar-refractivity contribution in [2.45, 2.75) is 74.0 Å². The summed E-state index contributed by atoms with van der Waals surface area (Å²) in [6, 6.07) is 22.4. The van der Waals surface area contributed by atoms with E-state index in [0.717, 1.165) is 53.1 Å². The molecule has 3 aliphatic heterocycles. The van der Waals surface area contributed by atoms with Gasteiger partial charge in [0.2, 0.25) is 10.0 Å². The molecule has 3 atom stereocenters. The van der Waals surface area contributed by atoms with Gasteiger partial charge in [0, 0.05) is 131 Å². The van der Waals surface area contributed by atoms with E-state index in [1.807, 2.05) is 31.1 Å². The Balaban J connectivity index is 0.000000187. The van der Waals surface area contributed by atoms with Crippen LogP contribution in [0.25, 0.3) is 4.72 Å². The number of rotatable bonds is 17. The molecule has 28 nitrogen and oxygen atoms in total. The van der Waals surface area contributed by atoms with Crippen LogP contribution < -0.4 is 52.5 Å². The third-order valence-corrected chi connectivity index (χ3v) is 20.7. The highest BCUT2D eigenvalue weighted by Crippen LogP contribution is 2.38. The Morgan fingerprint density at radius 1 is 0.546 bits per heavy atom. The fourth-order valence-corrected chi connectivity index (χ4v) is 14.0. The number of carbonyl (C=O) groups is 3. The number of aromatic nitrogens is 7. The van der Waals surface area contributed by atoms with Crippen molar-refractivity contribution in [3.8, 4) is 0 Å². The normalized spacial score (nSPS) is 19.4. The lowest BCUT2D eigenvalue weighted by Gasteiger charge is -2.34. The van der Waals surface area contributed by atoms with Crippen molar-refractivity contribution < 1.29 is 56.8 Å². The van der Waals surface area contributed by atoms with Crippen LogP contribution in [0.2, 0.25) is 0 Å². The summed E-state index contributed by atoms with van der Waals surface area (Å²) >= 11 is 0. The van der Waals surface area contributed by atoms with Gasteiger partial charge in [0.05, 0.1) is 6.26 Å². The predicted molar refractivity (Wildman–Crippen MR) is 361 cm³/mol. The summed E-state index contributed by atoms with van der Waals surface area (Å²) < 4.78 is 119. The number of sulfonamides is 1. The molecule has 7 aromatic rings. The second kappa shape index (κ2) is 33.9. The molecule has 0 aliphatic carbocycles. The van der Waals surface area contributed by atoms with Crippen molar-refractivity contribution in [3.63, 3.8) is 0 Å². The summed E-state index contributed by atoms with van der Waals surface area (Å²) in [6.45, 7) is 3.60. The Kier molecular flexibility index (Phi) is 26.3. The summed E-state index contributed by atoms with van der Waals surface area (Å²) in [4.78, 5) is 63.0. The van der Waals surface area contributed by atoms with Gasteiger partial charge in [-0.1, -0.05) is 36.4 Å². The molecule has 3 aromatic carbocycles. The SMILES string of the molecule is CS(=O)(=O)N1CCCC(CNC(=O)c2nccnc2N)(c2cccc(F)c2)CC1.C[N-]S(=O)(=O)[n+]1ccc(N(C)C)cc1.Nc1nccnc1C(=O)NCC1(c2cccc(F)c2)CCCN(S(N)(=O)=O)CC1.Nc1nccnc1C(=O)NCC1(c2cccc(F)c2)CCCNCC1.